The van der Waals surface area contributed by atoms with Gasteiger partial charge in [0.15, 0.2) is 9.84 Å². The van der Waals surface area contributed by atoms with Gasteiger partial charge in [0.05, 0.1) is 17.7 Å². The van der Waals surface area contributed by atoms with Gasteiger partial charge in [-0.1, -0.05) is 18.2 Å². The molecule has 0 aliphatic carbocycles. The number of ether oxygens (including phenoxy) is 1. The summed E-state index contributed by atoms with van der Waals surface area (Å²) in [4.78, 5) is 1.97. The molecule has 1 N–H and O–H groups in total. The Labute approximate surface area is 176 Å². The normalized spacial score (nSPS) is 17.8. The second kappa shape index (κ2) is 8.75. The maximum absolute atomic E-state index is 11.5. The fourth-order valence-electron chi connectivity index (χ4n) is 3.66. The summed E-state index contributed by atoms with van der Waals surface area (Å²) in [5.41, 5.74) is 2.17. The summed E-state index contributed by atoms with van der Waals surface area (Å²) in [6.45, 7) is 4.40. The van der Waals surface area contributed by atoms with Gasteiger partial charge in [-0.05, 0) is 41.5 Å². The van der Waals surface area contributed by atoms with E-state index in [0.717, 1.165) is 28.4 Å². The van der Waals surface area contributed by atoms with Gasteiger partial charge >= 0.3 is 0 Å². The van der Waals surface area contributed by atoms with Gasteiger partial charge in [-0.25, -0.2) is 8.42 Å². The van der Waals surface area contributed by atoms with E-state index in [-0.39, 0.29) is 18.1 Å². The second-order valence-corrected chi connectivity index (χ2v) is 10.0. The first-order valence-electron chi connectivity index (χ1n) is 10.2. The molecule has 2 aromatic carbocycles. The fraction of sp³-hybridized carbons (Fsp3) is 0.409. The SMILES string of the molecule is CCn1cc(-c2ccc3ccc(OCC(O)CN4CCS(=O)(=O)CC4)cc3c2)cn1. The highest BCUT2D eigenvalue weighted by atomic mass is 32.2. The van der Waals surface area contributed by atoms with Gasteiger partial charge in [0.2, 0.25) is 0 Å². The monoisotopic (exact) mass is 429 g/mol. The van der Waals surface area contributed by atoms with Crippen molar-refractivity contribution in [1.82, 2.24) is 14.7 Å². The maximum atomic E-state index is 11.5. The predicted octanol–water partition coefficient (Wildman–Crippen LogP) is 2.19. The fourth-order valence-corrected chi connectivity index (χ4v) is 4.93. The molecule has 3 aromatic rings. The molecule has 2 heterocycles. The lowest BCUT2D eigenvalue weighted by molar-refractivity contribution is 0.0710. The van der Waals surface area contributed by atoms with E-state index >= 15 is 0 Å². The molecular formula is C22H27N3O4S. The highest BCUT2D eigenvalue weighted by Gasteiger charge is 2.23. The van der Waals surface area contributed by atoms with Crippen LogP contribution in [-0.4, -0.2) is 72.1 Å². The quantitative estimate of drug-likeness (QED) is 0.620. The Bertz CT molecular complexity index is 1110. The smallest absolute Gasteiger partial charge is 0.152 e. The topological polar surface area (TPSA) is 84.7 Å². The molecule has 0 radical (unpaired) electrons. The highest BCUT2D eigenvalue weighted by Crippen LogP contribution is 2.27. The van der Waals surface area contributed by atoms with Gasteiger partial charge in [-0.2, -0.15) is 5.10 Å². The van der Waals surface area contributed by atoms with Crippen molar-refractivity contribution in [1.29, 1.82) is 0 Å². The Morgan fingerprint density at radius 2 is 1.87 bits per heavy atom. The van der Waals surface area contributed by atoms with Gasteiger partial charge in [-0.3, -0.25) is 9.58 Å². The molecule has 1 aliphatic heterocycles. The minimum absolute atomic E-state index is 0.157. The Morgan fingerprint density at radius 3 is 2.60 bits per heavy atom. The average molecular weight is 430 g/mol. The van der Waals surface area contributed by atoms with E-state index in [1.807, 2.05) is 40.2 Å². The number of aromatic nitrogens is 2. The number of aliphatic hydroxyl groups excluding tert-OH is 1. The molecule has 1 fully saturated rings. The Morgan fingerprint density at radius 1 is 1.10 bits per heavy atom. The van der Waals surface area contributed by atoms with Gasteiger partial charge < -0.3 is 9.84 Å². The molecule has 30 heavy (non-hydrogen) atoms. The maximum Gasteiger partial charge on any atom is 0.152 e. The lowest BCUT2D eigenvalue weighted by Crippen LogP contribution is -2.44. The number of hydrogen-bond donors (Lipinski definition) is 1. The third-order valence-corrected chi connectivity index (χ3v) is 7.06. The molecule has 1 unspecified atom stereocenters. The standard InChI is InChI=1S/C22H27N3O4S/c1-2-25-14-20(13-23-25)18-4-3-17-5-6-22(12-19(17)11-18)29-16-21(26)15-24-7-9-30(27,28)10-8-24/h3-6,11-14,21,26H,2,7-10,15-16H2,1H3. The minimum Gasteiger partial charge on any atom is -0.491 e. The summed E-state index contributed by atoms with van der Waals surface area (Å²) in [6, 6.07) is 12.2. The number of aliphatic hydroxyl groups is 1. The van der Waals surface area contributed by atoms with Crippen LogP contribution >= 0.6 is 0 Å². The zero-order valence-electron chi connectivity index (χ0n) is 17.1. The largest absolute Gasteiger partial charge is 0.491 e. The summed E-state index contributed by atoms with van der Waals surface area (Å²) in [5.74, 6) is 1.01. The number of nitrogens with zero attached hydrogens (tertiary/aromatic N) is 3. The third-order valence-electron chi connectivity index (χ3n) is 5.45. The van der Waals surface area contributed by atoms with Crippen molar-refractivity contribution in [3.05, 3.63) is 48.8 Å². The first-order valence-corrected chi connectivity index (χ1v) is 12.0. The molecule has 1 aromatic heterocycles. The van der Waals surface area contributed by atoms with E-state index in [9.17, 15) is 13.5 Å². The van der Waals surface area contributed by atoms with Gasteiger partial charge in [-0.15, -0.1) is 0 Å². The minimum atomic E-state index is -2.91. The van der Waals surface area contributed by atoms with Crippen molar-refractivity contribution >= 4 is 20.6 Å². The second-order valence-electron chi connectivity index (χ2n) is 7.73. The summed E-state index contributed by atoms with van der Waals surface area (Å²) in [5, 5.41) is 16.8. The molecule has 160 valence electrons. The molecule has 0 amide bonds. The Balaban J connectivity index is 1.39. The number of fused-ring (bicyclic) bond motifs is 1. The summed E-state index contributed by atoms with van der Waals surface area (Å²) in [6.07, 6.45) is 3.23. The van der Waals surface area contributed by atoms with Crippen LogP contribution in [0.4, 0.5) is 0 Å². The summed E-state index contributed by atoms with van der Waals surface area (Å²) < 4.78 is 30.7. The first-order chi connectivity index (χ1) is 14.4. The molecule has 8 heteroatoms. The van der Waals surface area contributed by atoms with Crippen molar-refractivity contribution in [2.45, 2.75) is 19.6 Å². The van der Waals surface area contributed by atoms with Crippen LogP contribution in [0, 0.1) is 0 Å². The molecular weight excluding hydrogens is 402 g/mol. The van der Waals surface area contributed by atoms with E-state index in [4.69, 9.17) is 4.74 Å². The predicted molar refractivity (Wildman–Crippen MR) is 117 cm³/mol. The van der Waals surface area contributed by atoms with Crippen LogP contribution in [0.15, 0.2) is 48.8 Å². The number of aryl methyl sites for hydroxylation is 1. The number of β-amino-alcohol motifs (C(OH)–C–C–N with tert-alkyl or cyclic N) is 1. The average Bonchev–Trinajstić information content (AvgIpc) is 3.22. The molecule has 1 atom stereocenters. The van der Waals surface area contributed by atoms with Crippen LogP contribution in [0.3, 0.4) is 0 Å². The van der Waals surface area contributed by atoms with Crippen LogP contribution in [0.5, 0.6) is 5.75 Å². The van der Waals surface area contributed by atoms with Crippen LogP contribution < -0.4 is 4.74 Å². The molecule has 0 saturated carbocycles. The van der Waals surface area contributed by atoms with Crippen molar-refractivity contribution in [2.75, 3.05) is 37.7 Å². The van der Waals surface area contributed by atoms with E-state index in [1.165, 1.54) is 0 Å². The number of sulfone groups is 1. The van der Waals surface area contributed by atoms with E-state index in [0.29, 0.717) is 25.4 Å². The lowest BCUT2D eigenvalue weighted by Gasteiger charge is -2.28. The number of benzene rings is 2. The van der Waals surface area contributed by atoms with Crippen LogP contribution in [0.2, 0.25) is 0 Å². The zero-order valence-corrected chi connectivity index (χ0v) is 17.9. The van der Waals surface area contributed by atoms with Crippen LogP contribution in [0.1, 0.15) is 6.92 Å². The van der Waals surface area contributed by atoms with Gasteiger partial charge in [0, 0.05) is 37.9 Å². The molecule has 1 saturated heterocycles. The van der Waals surface area contributed by atoms with Crippen molar-refractivity contribution in [3.8, 4) is 16.9 Å². The third kappa shape index (κ3) is 5.00. The van der Waals surface area contributed by atoms with E-state index < -0.39 is 15.9 Å². The van der Waals surface area contributed by atoms with Crippen molar-refractivity contribution < 1.29 is 18.3 Å². The highest BCUT2D eigenvalue weighted by molar-refractivity contribution is 7.91. The van der Waals surface area contributed by atoms with Gasteiger partial charge in [0.1, 0.15) is 18.5 Å². The molecule has 4 rings (SSSR count). The van der Waals surface area contributed by atoms with Crippen molar-refractivity contribution in [2.24, 2.45) is 0 Å². The first kappa shape index (κ1) is 20.8. The summed E-state index contributed by atoms with van der Waals surface area (Å²) >= 11 is 0. The van der Waals surface area contributed by atoms with Crippen LogP contribution in [0.25, 0.3) is 21.9 Å². The number of hydrogen-bond acceptors (Lipinski definition) is 6. The molecule has 0 spiro atoms. The zero-order chi connectivity index (χ0) is 21.1. The van der Waals surface area contributed by atoms with E-state index in [1.54, 1.807) is 0 Å². The molecule has 1 aliphatic rings. The molecule has 7 nitrogen and oxygen atoms in total. The Hall–Kier alpha value is -2.42. The van der Waals surface area contributed by atoms with Crippen molar-refractivity contribution in [3.63, 3.8) is 0 Å². The number of rotatable bonds is 7. The Kier molecular flexibility index (Phi) is 6.08. The van der Waals surface area contributed by atoms with Crippen LogP contribution in [-0.2, 0) is 16.4 Å². The summed E-state index contributed by atoms with van der Waals surface area (Å²) in [7, 11) is -2.91. The lowest BCUT2D eigenvalue weighted by atomic mass is 10.0. The van der Waals surface area contributed by atoms with E-state index in [2.05, 4.69) is 30.2 Å². The molecule has 0 bridgehead atoms. The van der Waals surface area contributed by atoms with Gasteiger partial charge in [0.25, 0.3) is 0 Å².